The van der Waals surface area contributed by atoms with E-state index in [0.717, 1.165) is 32.4 Å². The molecule has 1 aromatic rings. The lowest BCUT2D eigenvalue weighted by atomic mass is 9.89. The molecule has 0 spiro atoms. The first kappa shape index (κ1) is 26.4. The van der Waals surface area contributed by atoms with Crippen molar-refractivity contribution in [3.63, 3.8) is 0 Å². The van der Waals surface area contributed by atoms with E-state index in [-0.39, 0.29) is 50.8 Å². The van der Waals surface area contributed by atoms with Crippen LogP contribution in [-0.2, 0) is 20.7 Å². The smallest absolute Gasteiger partial charge is 0.389 e. The van der Waals surface area contributed by atoms with Crippen LogP contribution in [0.4, 0.5) is 13.2 Å². The summed E-state index contributed by atoms with van der Waals surface area (Å²) < 4.78 is 50.3. The molecule has 1 amide bonds. The number of likely N-dealkylation sites (tertiary alicyclic amines) is 1. The SMILES string of the molecule is O=C(C[C@@H]1CC[C@H]2[C@@H](COC[C@@H](O)CN2CCC(F)(F)F)O1)N1CCC(Cc2ccccc2)CC1. The van der Waals surface area contributed by atoms with Gasteiger partial charge in [0.05, 0.1) is 44.4 Å². The molecule has 0 radical (unpaired) electrons. The van der Waals surface area contributed by atoms with E-state index in [2.05, 4.69) is 24.3 Å². The summed E-state index contributed by atoms with van der Waals surface area (Å²) >= 11 is 0. The number of aliphatic hydroxyl groups excluding tert-OH is 1. The zero-order chi connectivity index (χ0) is 24.8. The Bertz CT molecular complexity index is 802. The van der Waals surface area contributed by atoms with Gasteiger partial charge in [-0.3, -0.25) is 9.69 Å². The minimum absolute atomic E-state index is 0.0661. The van der Waals surface area contributed by atoms with Crippen molar-refractivity contribution >= 4 is 5.91 Å². The van der Waals surface area contributed by atoms with E-state index in [1.807, 2.05) is 11.0 Å². The van der Waals surface area contributed by atoms with Gasteiger partial charge in [0.1, 0.15) is 0 Å². The molecular formula is C26H37F3N2O4. The number of rotatable bonds is 6. The van der Waals surface area contributed by atoms with Gasteiger partial charge in [0.15, 0.2) is 0 Å². The van der Waals surface area contributed by atoms with E-state index >= 15 is 0 Å². The van der Waals surface area contributed by atoms with Crippen LogP contribution in [0.3, 0.4) is 0 Å². The van der Waals surface area contributed by atoms with Gasteiger partial charge in [0.2, 0.25) is 5.91 Å². The van der Waals surface area contributed by atoms with Crippen LogP contribution in [-0.4, -0.2) is 90.7 Å². The molecule has 35 heavy (non-hydrogen) atoms. The summed E-state index contributed by atoms with van der Waals surface area (Å²) in [5, 5.41) is 10.1. The van der Waals surface area contributed by atoms with Crippen molar-refractivity contribution in [2.75, 3.05) is 39.4 Å². The van der Waals surface area contributed by atoms with E-state index in [1.54, 1.807) is 4.90 Å². The quantitative estimate of drug-likeness (QED) is 0.652. The number of fused-ring (bicyclic) bond motifs is 1. The van der Waals surface area contributed by atoms with Crippen LogP contribution >= 0.6 is 0 Å². The van der Waals surface area contributed by atoms with Crippen LogP contribution in [0, 0.1) is 5.92 Å². The fourth-order valence-electron chi connectivity index (χ4n) is 5.63. The molecule has 3 aliphatic heterocycles. The molecule has 0 bridgehead atoms. The third kappa shape index (κ3) is 7.90. The van der Waals surface area contributed by atoms with E-state index in [4.69, 9.17) is 9.47 Å². The Balaban J connectivity index is 1.26. The lowest BCUT2D eigenvalue weighted by molar-refractivity contribution is -0.171. The molecule has 4 rings (SSSR count). The average Bonchev–Trinajstić information content (AvgIpc) is 2.81. The van der Waals surface area contributed by atoms with Gasteiger partial charge in [-0.2, -0.15) is 13.2 Å². The number of piperidine rings is 1. The zero-order valence-corrected chi connectivity index (χ0v) is 20.2. The highest BCUT2D eigenvalue weighted by Gasteiger charge is 2.40. The van der Waals surface area contributed by atoms with Gasteiger partial charge in [-0.1, -0.05) is 30.3 Å². The van der Waals surface area contributed by atoms with Crippen molar-refractivity contribution in [3.8, 4) is 0 Å². The molecule has 0 aliphatic carbocycles. The topological polar surface area (TPSA) is 62.2 Å². The number of carbonyl (C=O) groups is 1. The average molecular weight is 499 g/mol. The van der Waals surface area contributed by atoms with Crippen molar-refractivity contribution < 1.29 is 32.5 Å². The third-order valence-corrected chi connectivity index (χ3v) is 7.51. The predicted molar refractivity (Wildman–Crippen MR) is 125 cm³/mol. The molecule has 0 unspecified atom stereocenters. The first-order chi connectivity index (χ1) is 16.8. The Labute approximate surface area is 205 Å². The van der Waals surface area contributed by atoms with E-state index < -0.39 is 24.8 Å². The largest absolute Gasteiger partial charge is 0.390 e. The molecule has 1 aromatic carbocycles. The van der Waals surface area contributed by atoms with Gasteiger partial charge in [0, 0.05) is 32.2 Å². The van der Waals surface area contributed by atoms with Gasteiger partial charge in [0.25, 0.3) is 0 Å². The van der Waals surface area contributed by atoms with E-state index in [1.165, 1.54) is 5.56 Å². The molecule has 3 heterocycles. The van der Waals surface area contributed by atoms with Crippen molar-refractivity contribution in [1.29, 1.82) is 0 Å². The molecule has 4 atom stereocenters. The summed E-state index contributed by atoms with van der Waals surface area (Å²) in [5.41, 5.74) is 1.33. The maximum Gasteiger partial charge on any atom is 0.390 e. The fourth-order valence-corrected chi connectivity index (χ4v) is 5.63. The Hall–Kier alpha value is -1.68. The molecule has 3 fully saturated rings. The maximum absolute atomic E-state index is 13.0. The summed E-state index contributed by atoms with van der Waals surface area (Å²) in [6.07, 6.45) is -2.14. The number of ether oxygens (including phenoxy) is 2. The number of hydrogen-bond donors (Lipinski definition) is 1. The summed E-state index contributed by atoms with van der Waals surface area (Å²) in [6, 6.07) is 10.2. The first-order valence-corrected chi connectivity index (χ1v) is 12.8. The van der Waals surface area contributed by atoms with Gasteiger partial charge >= 0.3 is 6.18 Å². The number of carbonyl (C=O) groups excluding carboxylic acids is 1. The van der Waals surface area contributed by atoms with Gasteiger partial charge < -0.3 is 19.5 Å². The van der Waals surface area contributed by atoms with E-state index in [9.17, 15) is 23.1 Å². The Morgan fingerprint density at radius 2 is 1.80 bits per heavy atom. The van der Waals surface area contributed by atoms with Crippen molar-refractivity contribution in [2.45, 2.75) is 75.5 Å². The predicted octanol–water partition coefficient (Wildman–Crippen LogP) is 3.42. The van der Waals surface area contributed by atoms with Crippen LogP contribution in [0.2, 0.25) is 0 Å². The monoisotopic (exact) mass is 498 g/mol. The van der Waals surface area contributed by atoms with Crippen molar-refractivity contribution in [2.24, 2.45) is 5.92 Å². The van der Waals surface area contributed by atoms with Crippen molar-refractivity contribution in [1.82, 2.24) is 9.80 Å². The standard InChI is InChI=1S/C26H37F3N2O4/c27-26(28,29)10-13-31-16-21(32)17-34-18-24-23(31)7-6-22(35-24)15-25(33)30-11-8-20(9-12-30)14-19-4-2-1-3-5-19/h1-5,20-24,32H,6-18H2/t21-,22-,23-,24+/m0/s1. The molecule has 9 heteroatoms. The van der Waals surface area contributed by atoms with Crippen LogP contribution < -0.4 is 0 Å². The minimum Gasteiger partial charge on any atom is -0.389 e. The van der Waals surface area contributed by atoms with Gasteiger partial charge in [-0.25, -0.2) is 0 Å². The second-order valence-corrected chi connectivity index (χ2v) is 10.2. The number of β-amino-alcohol motifs (C(OH)–C–C–N with tert-alkyl or cyclic N) is 1. The van der Waals surface area contributed by atoms with Crippen LogP contribution in [0.1, 0.15) is 44.1 Å². The lowest BCUT2D eigenvalue weighted by Gasteiger charge is -2.45. The second-order valence-electron chi connectivity index (χ2n) is 10.2. The molecule has 196 valence electrons. The highest BCUT2D eigenvalue weighted by molar-refractivity contribution is 5.76. The lowest BCUT2D eigenvalue weighted by Crippen LogP contribution is -2.56. The molecule has 0 saturated carbocycles. The molecule has 3 aliphatic rings. The number of nitrogens with zero attached hydrogens (tertiary/aromatic N) is 2. The van der Waals surface area contributed by atoms with Crippen LogP contribution in [0.5, 0.6) is 0 Å². The summed E-state index contributed by atoms with van der Waals surface area (Å²) in [5.74, 6) is 0.668. The Morgan fingerprint density at radius 3 is 2.51 bits per heavy atom. The number of amides is 1. The van der Waals surface area contributed by atoms with Crippen LogP contribution in [0.25, 0.3) is 0 Å². The molecule has 0 aromatic heterocycles. The number of benzene rings is 1. The number of aliphatic hydroxyl groups is 1. The van der Waals surface area contributed by atoms with Crippen LogP contribution in [0.15, 0.2) is 30.3 Å². The zero-order valence-electron chi connectivity index (χ0n) is 20.2. The number of hydrogen-bond acceptors (Lipinski definition) is 5. The molecule has 1 N–H and O–H groups in total. The highest BCUT2D eigenvalue weighted by atomic mass is 19.4. The summed E-state index contributed by atoms with van der Waals surface area (Å²) in [6.45, 7) is 1.73. The number of halogens is 3. The summed E-state index contributed by atoms with van der Waals surface area (Å²) in [4.78, 5) is 16.6. The van der Waals surface area contributed by atoms with E-state index in [0.29, 0.717) is 18.8 Å². The summed E-state index contributed by atoms with van der Waals surface area (Å²) in [7, 11) is 0. The second kappa shape index (κ2) is 12.0. The first-order valence-electron chi connectivity index (χ1n) is 12.8. The molecular weight excluding hydrogens is 461 g/mol. The normalized spacial score (nSPS) is 29.3. The minimum atomic E-state index is -4.25. The molecule has 6 nitrogen and oxygen atoms in total. The van der Waals surface area contributed by atoms with Gasteiger partial charge in [-0.05, 0) is 43.6 Å². The fraction of sp³-hybridized carbons (Fsp3) is 0.731. The molecule has 3 saturated heterocycles. The number of alkyl halides is 3. The Kier molecular flexibility index (Phi) is 9.07. The Morgan fingerprint density at radius 1 is 1.06 bits per heavy atom. The van der Waals surface area contributed by atoms with Gasteiger partial charge in [-0.15, -0.1) is 0 Å². The third-order valence-electron chi connectivity index (χ3n) is 7.51. The highest BCUT2D eigenvalue weighted by Crippen LogP contribution is 2.30. The maximum atomic E-state index is 13.0. The van der Waals surface area contributed by atoms with Crippen molar-refractivity contribution in [3.05, 3.63) is 35.9 Å².